The highest BCUT2D eigenvalue weighted by Gasteiger charge is 2.23. The molecule has 0 aliphatic carbocycles. The highest BCUT2D eigenvalue weighted by atomic mass is 19.1. The van der Waals surface area contributed by atoms with Crippen molar-refractivity contribution in [1.29, 1.82) is 0 Å². The zero-order valence-corrected chi connectivity index (χ0v) is 5.94. The summed E-state index contributed by atoms with van der Waals surface area (Å²) >= 11 is 0. The van der Waals surface area contributed by atoms with Crippen LogP contribution in [0.2, 0.25) is 0 Å². The molecule has 0 radical (unpaired) electrons. The Morgan fingerprint density at radius 1 is 1.56 bits per heavy atom. The first-order valence-electron chi connectivity index (χ1n) is 3.65. The topological polar surface area (TPSA) is 3.24 Å². The van der Waals surface area contributed by atoms with Crippen molar-refractivity contribution >= 4 is 0 Å². The van der Waals surface area contributed by atoms with Gasteiger partial charge in [0.05, 0.1) is 0 Å². The Labute approximate surface area is 55.8 Å². The SMILES string of the molecule is CCC1CN(CCF)C1. The average molecular weight is 131 g/mol. The fourth-order valence-electron chi connectivity index (χ4n) is 1.24. The summed E-state index contributed by atoms with van der Waals surface area (Å²) in [5, 5.41) is 0. The molecule has 2 heteroatoms. The maximum absolute atomic E-state index is 11.7. The van der Waals surface area contributed by atoms with Gasteiger partial charge in [0.15, 0.2) is 0 Å². The fraction of sp³-hybridized carbons (Fsp3) is 1.00. The third kappa shape index (κ3) is 1.65. The van der Waals surface area contributed by atoms with E-state index in [1.165, 1.54) is 6.42 Å². The lowest BCUT2D eigenvalue weighted by Crippen LogP contribution is -2.46. The molecular weight excluding hydrogens is 117 g/mol. The third-order valence-electron chi connectivity index (χ3n) is 2.01. The smallest absolute Gasteiger partial charge is 0.102 e. The summed E-state index contributed by atoms with van der Waals surface area (Å²) in [5.74, 6) is 0.858. The molecule has 0 N–H and O–H groups in total. The van der Waals surface area contributed by atoms with Crippen molar-refractivity contribution in [3.05, 3.63) is 0 Å². The van der Waals surface area contributed by atoms with Gasteiger partial charge < -0.3 is 4.90 Å². The fourth-order valence-corrected chi connectivity index (χ4v) is 1.24. The quantitative estimate of drug-likeness (QED) is 0.558. The van der Waals surface area contributed by atoms with E-state index < -0.39 is 0 Å². The van der Waals surface area contributed by atoms with Crippen LogP contribution >= 0.6 is 0 Å². The molecule has 9 heavy (non-hydrogen) atoms. The molecule has 0 amide bonds. The first-order chi connectivity index (χ1) is 4.36. The number of hydrogen-bond acceptors (Lipinski definition) is 1. The Morgan fingerprint density at radius 2 is 2.22 bits per heavy atom. The molecule has 0 aromatic heterocycles. The van der Waals surface area contributed by atoms with Gasteiger partial charge in [0.25, 0.3) is 0 Å². The summed E-state index contributed by atoms with van der Waals surface area (Å²) in [5.41, 5.74) is 0. The lowest BCUT2D eigenvalue weighted by atomic mass is 9.98. The summed E-state index contributed by atoms with van der Waals surface area (Å²) in [6, 6.07) is 0. The molecule has 1 rings (SSSR count). The molecule has 1 aliphatic rings. The second-order valence-corrected chi connectivity index (χ2v) is 2.72. The molecule has 0 bridgehead atoms. The summed E-state index contributed by atoms with van der Waals surface area (Å²) < 4.78 is 11.7. The van der Waals surface area contributed by atoms with Gasteiger partial charge in [0.2, 0.25) is 0 Å². The summed E-state index contributed by atoms with van der Waals surface area (Å²) in [6.07, 6.45) is 1.25. The van der Waals surface area contributed by atoms with Gasteiger partial charge in [-0.1, -0.05) is 13.3 Å². The van der Waals surface area contributed by atoms with Gasteiger partial charge in [0.1, 0.15) is 6.67 Å². The van der Waals surface area contributed by atoms with Gasteiger partial charge in [-0.2, -0.15) is 0 Å². The van der Waals surface area contributed by atoms with Crippen molar-refractivity contribution in [1.82, 2.24) is 4.90 Å². The monoisotopic (exact) mass is 131 g/mol. The predicted octanol–water partition coefficient (Wildman–Crippen LogP) is 1.30. The van der Waals surface area contributed by atoms with Gasteiger partial charge in [-0.3, -0.25) is 0 Å². The second kappa shape index (κ2) is 3.16. The van der Waals surface area contributed by atoms with Crippen LogP contribution in [0, 0.1) is 5.92 Å². The van der Waals surface area contributed by atoms with Crippen molar-refractivity contribution < 1.29 is 4.39 Å². The largest absolute Gasteiger partial charge is 0.300 e. The Hall–Kier alpha value is -0.110. The lowest BCUT2D eigenvalue weighted by Gasteiger charge is -2.38. The maximum Gasteiger partial charge on any atom is 0.102 e. The molecule has 1 fully saturated rings. The summed E-state index contributed by atoms with van der Waals surface area (Å²) in [7, 11) is 0. The van der Waals surface area contributed by atoms with E-state index in [0.717, 1.165) is 19.0 Å². The Morgan fingerprint density at radius 3 is 2.67 bits per heavy atom. The Kier molecular flexibility index (Phi) is 2.46. The average Bonchev–Trinajstić information content (AvgIpc) is 1.77. The van der Waals surface area contributed by atoms with E-state index in [2.05, 4.69) is 11.8 Å². The van der Waals surface area contributed by atoms with Crippen LogP contribution in [0.25, 0.3) is 0 Å². The molecule has 0 aromatic rings. The molecular formula is C7H14FN. The standard InChI is InChI=1S/C7H14FN/c1-2-7-5-9(6-7)4-3-8/h7H,2-6H2,1H3. The lowest BCUT2D eigenvalue weighted by molar-refractivity contribution is 0.0904. The normalized spacial score (nSPS) is 22.0. The van der Waals surface area contributed by atoms with Crippen LogP contribution in [0.1, 0.15) is 13.3 Å². The Bertz CT molecular complexity index is 79.0. The highest BCUT2D eigenvalue weighted by Crippen LogP contribution is 2.17. The summed E-state index contributed by atoms with van der Waals surface area (Å²) in [6.45, 7) is 4.91. The van der Waals surface area contributed by atoms with Gasteiger partial charge in [-0.15, -0.1) is 0 Å². The number of rotatable bonds is 3. The van der Waals surface area contributed by atoms with E-state index in [1.807, 2.05) is 0 Å². The van der Waals surface area contributed by atoms with E-state index in [1.54, 1.807) is 0 Å². The molecule has 0 saturated carbocycles. The van der Waals surface area contributed by atoms with Gasteiger partial charge >= 0.3 is 0 Å². The van der Waals surface area contributed by atoms with E-state index in [-0.39, 0.29) is 6.67 Å². The molecule has 0 aromatic carbocycles. The van der Waals surface area contributed by atoms with Gasteiger partial charge in [-0.25, -0.2) is 4.39 Å². The first kappa shape index (κ1) is 7.00. The number of halogens is 1. The third-order valence-corrected chi connectivity index (χ3v) is 2.01. The van der Waals surface area contributed by atoms with E-state index in [9.17, 15) is 4.39 Å². The predicted molar refractivity (Wildman–Crippen MR) is 36.2 cm³/mol. The molecule has 0 spiro atoms. The van der Waals surface area contributed by atoms with Gasteiger partial charge in [0, 0.05) is 19.6 Å². The number of nitrogens with zero attached hydrogens (tertiary/aromatic N) is 1. The first-order valence-corrected chi connectivity index (χ1v) is 3.65. The minimum atomic E-state index is -0.184. The van der Waals surface area contributed by atoms with Crippen molar-refractivity contribution in [2.75, 3.05) is 26.3 Å². The highest BCUT2D eigenvalue weighted by molar-refractivity contribution is 4.77. The van der Waals surface area contributed by atoms with Crippen molar-refractivity contribution in [3.63, 3.8) is 0 Å². The number of hydrogen-bond donors (Lipinski definition) is 0. The second-order valence-electron chi connectivity index (χ2n) is 2.72. The van der Waals surface area contributed by atoms with Crippen LogP contribution in [-0.4, -0.2) is 31.2 Å². The molecule has 54 valence electrons. The van der Waals surface area contributed by atoms with E-state index in [0.29, 0.717) is 6.54 Å². The van der Waals surface area contributed by atoms with Crippen molar-refractivity contribution in [2.24, 2.45) is 5.92 Å². The Balaban J connectivity index is 1.98. The van der Waals surface area contributed by atoms with Crippen LogP contribution in [0.15, 0.2) is 0 Å². The minimum absolute atomic E-state index is 0.184. The van der Waals surface area contributed by atoms with E-state index in [4.69, 9.17) is 0 Å². The van der Waals surface area contributed by atoms with Crippen LogP contribution in [0.3, 0.4) is 0 Å². The van der Waals surface area contributed by atoms with E-state index >= 15 is 0 Å². The minimum Gasteiger partial charge on any atom is -0.300 e. The number of alkyl halides is 1. The van der Waals surface area contributed by atoms with Gasteiger partial charge in [-0.05, 0) is 5.92 Å². The van der Waals surface area contributed by atoms with Crippen LogP contribution in [0.4, 0.5) is 4.39 Å². The maximum atomic E-state index is 11.7. The van der Waals surface area contributed by atoms with Crippen LogP contribution in [0.5, 0.6) is 0 Å². The zero-order chi connectivity index (χ0) is 6.69. The van der Waals surface area contributed by atoms with Crippen LogP contribution < -0.4 is 0 Å². The molecule has 0 atom stereocenters. The summed E-state index contributed by atoms with van der Waals surface area (Å²) in [4.78, 5) is 2.16. The molecule has 1 heterocycles. The molecule has 1 nitrogen and oxygen atoms in total. The van der Waals surface area contributed by atoms with Crippen molar-refractivity contribution in [2.45, 2.75) is 13.3 Å². The number of likely N-dealkylation sites (tertiary alicyclic amines) is 1. The van der Waals surface area contributed by atoms with Crippen molar-refractivity contribution in [3.8, 4) is 0 Å². The molecule has 0 unspecified atom stereocenters. The molecule has 1 aliphatic heterocycles. The molecule has 1 saturated heterocycles. The zero-order valence-electron chi connectivity index (χ0n) is 5.94. The van der Waals surface area contributed by atoms with Crippen LogP contribution in [-0.2, 0) is 0 Å².